The molecule has 3 aromatic carbocycles. The molecule has 4 rings (SSSR count). The summed E-state index contributed by atoms with van der Waals surface area (Å²) in [6.45, 7) is 1.74. The molecule has 1 heterocycles. The van der Waals surface area contributed by atoms with Crippen LogP contribution < -0.4 is 14.8 Å². The molecule has 0 aliphatic rings. The summed E-state index contributed by atoms with van der Waals surface area (Å²) in [5, 5.41) is 2.62. The van der Waals surface area contributed by atoms with E-state index in [1.54, 1.807) is 43.3 Å². The summed E-state index contributed by atoms with van der Waals surface area (Å²) in [6.07, 6.45) is 0. The van der Waals surface area contributed by atoms with E-state index in [9.17, 15) is 13.2 Å². The molecule has 1 unspecified atom stereocenters. The number of carbonyl (C=O) groups excluding carboxylic acids is 1. The molecular formula is C23H21N3O5S2. The molecule has 0 bridgehead atoms. The molecule has 0 saturated heterocycles. The first kappa shape index (κ1) is 22.7. The molecule has 8 nitrogen and oxygen atoms in total. The predicted octanol–water partition coefficient (Wildman–Crippen LogP) is 4.76. The SMILES string of the molecule is COc1ccccc1NS(=O)(=O)c1ccc2oc(SC(C)C(=O)Nc3ccccc3)nc2c1. The molecule has 2 N–H and O–H groups in total. The number of sulfonamides is 1. The van der Waals surface area contributed by atoms with Crippen LogP contribution in [0.5, 0.6) is 5.75 Å². The van der Waals surface area contributed by atoms with E-state index in [1.165, 1.54) is 25.3 Å². The first-order valence-electron chi connectivity index (χ1n) is 9.95. The van der Waals surface area contributed by atoms with Crippen LogP contribution in [0.15, 0.2) is 87.3 Å². The van der Waals surface area contributed by atoms with Crippen LogP contribution >= 0.6 is 11.8 Å². The molecule has 0 spiro atoms. The molecule has 170 valence electrons. The summed E-state index contributed by atoms with van der Waals surface area (Å²) in [6, 6.07) is 20.3. The van der Waals surface area contributed by atoms with E-state index >= 15 is 0 Å². The number of nitrogens with one attached hydrogen (secondary N) is 2. The molecule has 1 atom stereocenters. The smallest absolute Gasteiger partial charge is 0.262 e. The number of fused-ring (bicyclic) bond motifs is 1. The number of benzene rings is 3. The first-order valence-corrected chi connectivity index (χ1v) is 12.3. The number of hydrogen-bond acceptors (Lipinski definition) is 7. The number of rotatable bonds is 8. The number of ether oxygens (including phenoxy) is 1. The van der Waals surface area contributed by atoms with E-state index in [1.807, 2.05) is 18.2 Å². The molecule has 0 aliphatic heterocycles. The molecule has 1 aromatic heterocycles. The van der Waals surface area contributed by atoms with Gasteiger partial charge in [0, 0.05) is 5.69 Å². The Morgan fingerprint density at radius 2 is 1.79 bits per heavy atom. The first-order chi connectivity index (χ1) is 15.9. The van der Waals surface area contributed by atoms with Crippen molar-refractivity contribution in [2.75, 3.05) is 17.1 Å². The lowest BCUT2D eigenvalue weighted by atomic mass is 10.3. The second-order valence-corrected chi connectivity index (χ2v) is 10.0. The fourth-order valence-electron chi connectivity index (χ4n) is 3.01. The van der Waals surface area contributed by atoms with Crippen LogP contribution in [0.25, 0.3) is 11.1 Å². The van der Waals surface area contributed by atoms with Gasteiger partial charge in [0.25, 0.3) is 15.2 Å². The predicted molar refractivity (Wildman–Crippen MR) is 128 cm³/mol. The van der Waals surface area contributed by atoms with Gasteiger partial charge in [-0.2, -0.15) is 0 Å². The lowest BCUT2D eigenvalue weighted by molar-refractivity contribution is -0.115. The maximum absolute atomic E-state index is 12.9. The zero-order chi connectivity index (χ0) is 23.4. The fraction of sp³-hybridized carbons (Fsp3) is 0.130. The summed E-state index contributed by atoms with van der Waals surface area (Å²) in [5.74, 6) is 0.211. The van der Waals surface area contributed by atoms with Gasteiger partial charge in [-0.25, -0.2) is 13.4 Å². The van der Waals surface area contributed by atoms with Crippen molar-refractivity contribution in [3.05, 3.63) is 72.8 Å². The van der Waals surface area contributed by atoms with E-state index in [2.05, 4.69) is 15.0 Å². The number of aromatic nitrogens is 1. The third-order valence-corrected chi connectivity index (χ3v) is 7.00. The zero-order valence-electron chi connectivity index (χ0n) is 17.8. The molecule has 33 heavy (non-hydrogen) atoms. The van der Waals surface area contributed by atoms with Crippen LogP contribution in [0, 0.1) is 0 Å². The summed E-state index contributed by atoms with van der Waals surface area (Å²) < 4.78 is 39.2. The summed E-state index contributed by atoms with van der Waals surface area (Å²) in [4.78, 5) is 16.8. The molecule has 1 amide bonds. The summed E-state index contributed by atoms with van der Waals surface area (Å²) in [7, 11) is -2.41. The van der Waals surface area contributed by atoms with Gasteiger partial charge in [0.2, 0.25) is 5.91 Å². The van der Waals surface area contributed by atoms with Crippen molar-refractivity contribution < 1.29 is 22.4 Å². The van der Waals surface area contributed by atoms with E-state index in [0.717, 1.165) is 11.8 Å². The van der Waals surface area contributed by atoms with Crippen molar-refractivity contribution >= 4 is 50.2 Å². The Hall–Kier alpha value is -3.50. The average Bonchev–Trinajstić information content (AvgIpc) is 3.21. The maximum atomic E-state index is 12.9. The van der Waals surface area contributed by atoms with Crippen LogP contribution in [0.2, 0.25) is 0 Å². The summed E-state index contributed by atoms with van der Waals surface area (Å²) >= 11 is 1.15. The highest BCUT2D eigenvalue weighted by atomic mass is 32.2. The van der Waals surface area contributed by atoms with Gasteiger partial charge in [0.15, 0.2) is 5.58 Å². The lowest BCUT2D eigenvalue weighted by Gasteiger charge is -2.11. The van der Waals surface area contributed by atoms with Crippen molar-refractivity contribution in [3.8, 4) is 5.75 Å². The fourth-order valence-corrected chi connectivity index (χ4v) is 4.85. The van der Waals surface area contributed by atoms with Gasteiger partial charge in [-0.05, 0) is 49.4 Å². The Morgan fingerprint density at radius 3 is 2.55 bits per heavy atom. The molecule has 10 heteroatoms. The molecule has 0 fully saturated rings. The average molecular weight is 484 g/mol. The monoisotopic (exact) mass is 483 g/mol. The van der Waals surface area contributed by atoms with Gasteiger partial charge in [-0.15, -0.1) is 0 Å². The Bertz CT molecular complexity index is 1390. The molecule has 0 radical (unpaired) electrons. The minimum Gasteiger partial charge on any atom is -0.495 e. The highest BCUT2D eigenvalue weighted by molar-refractivity contribution is 8.00. The lowest BCUT2D eigenvalue weighted by Crippen LogP contribution is -2.22. The van der Waals surface area contributed by atoms with Crippen LogP contribution in [-0.4, -0.2) is 31.7 Å². The number of anilines is 2. The third kappa shape index (κ3) is 5.29. The number of thioether (sulfide) groups is 1. The quantitative estimate of drug-likeness (QED) is 0.348. The van der Waals surface area contributed by atoms with Crippen LogP contribution in [0.4, 0.5) is 11.4 Å². The Balaban J connectivity index is 1.50. The number of amides is 1. The van der Waals surface area contributed by atoms with Crippen LogP contribution in [-0.2, 0) is 14.8 Å². The molecular weight excluding hydrogens is 462 g/mol. The van der Waals surface area contributed by atoms with Crippen molar-refractivity contribution in [2.45, 2.75) is 22.3 Å². The normalized spacial score (nSPS) is 12.3. The van der Waals surface area contributed by atoms with Crippen molar-refractivity contribution in [2.24, 2.45) is 0 Å². The Morgan fingerprint density at radius 1 is 1.06 bits per heavy atom. The van der Waals surface area contributed by atoms with E-state index < -0.39 is 15.3 Å². The number of nitrogens with zero attached hydrogens (tertiary/aromatic N) is 1. The Kier molecular flexibility index (Phi) is 6.57. The van der Waals surface area contributed by atoms with E-state index in [-0.39, 0.29) is 16.0 Å². The number of para-hydroxylation sites is 3. The topological polar surface area (TPSA) is 111 Å². The third-order valence-electron chi connectivity index (χ3n) is 4.69. The summed E-state index contributed by atoms with van der Waals surface area (Å²) in [5.41, 5.74) is 1.82. The maximum Gasteiger partial charge on any atom is 0.262 e. The molecule has 0 aliphatic carbocycles. The second kappa shape index (κ2) is 9.55. The van der Waals surface area contributed by atoms with Gasteiger partial charge in [0.05, 0.1) is 22.9 Å². The van der Waals surface area contributed by atoms with Crippen LogP contribution in [0.1, 0.15) is 6.92 Å². The van der Waals surface area contributed by atoms with Crippen molar-refractivity contribution in [3.63, 3.8) is 0 Å². The minimum atomic E-state index is -3.88. The van der Waals surface area contributed by atoms with Gasteiger partial charge in [-0.1, -0.05) is 42.1 Å². The van der Waals surface area contributed by atoms with Gasteiger partial charge in [0.1, 0.15) is 11.3 Å². The Labute approximate surface area is 195 Å². The van der Waals surface area contributed by atoms with Crippen LogP contribution in [0.3, 0.4) is 0 Å². The van der Waals surface area contributed by atoms with Gasteiger partial charge in [-0.3, -0.25) is 9.52 Å². The largest absolute Gasteiger partial charge is 0.495 e. The standard InChI is InChI=1S/C23H21N3O5S2/c1-15(22(27)24-16-8-4-3-5-9-16)32-23-25-19-14-17(12-13-21(19)31-23)33(28,29)26-18-10-6-7-11-20(18)30-2/h3-15,26H,1-2H3,(H,24,27). The number of carbonyl (C=O) groups is 1. The van der Waals surface area contributed by atoms with Crippen molar-refractivity contribution in [1.82, 2.24) is 4.98 Å². The minimum absolute atomic E-state index is 0.0284. The van der Waals surface area contributed by atoms with Crippen molar-refractivity contribution in [1.29, 1.82) is 0 Å². The molecule has 0 saturated carbocycles. The van der Waals surface area contributed by atoms with Gasteiger partial charge >= 0.3 is 0 Å². The number of hydrogen-bond donors (Lipinski definition) is 2. The number of oxazole rings is 1. The van der Waals surface area contributed by atoms with E-state index in [4.69, 9.17) is 9.15 Å². The van der Waals surface area contributed by atoms with E-state index in [0.29, 0.717) is 28.2 Å². The molecule has 4 aromatic rings. The number of methoxy groups -OCH3 is 1. The highest BCUT2D eigenvalue weighted by Gasteiger charge is 2.21. The zero-order valence-corrected chi connectivity index (χ0v) is 19.4. The van der Waals surface area contributed by atoms with Gasteiger partial charge < -0.3 is 14.5 Å². The second-order valence-electron chi connectivity index (χ2n) is 7.03. The highest BCUT2D eigenvalue weighted by Crippen LogP contribution is 2.30.